The van der Waals surface area contributed by atoms with Gasteiger partial charge in [0.25, 0.3) is 0 Å². The number of thioether (sulfide) groups is 1. The Morgan fingerprint density at radius 3 is 2.69 bits per heavy atom. The zero-order valence-corrected chi connectivity index (χ0v) is 15.1. The predicted octanol–water partition coefficient (Wildman–Crippen LogP) is 3.65. The normalized spacial score (nSPS) is 15.8. The highest BCUT2D eigenvalue weighted by Crippen LogP contribution is 2.36. The molecule has 26 heavy (non-hydrogen) atoms. The summed E-state index contributed by atoms with van der Waals surface area (Å²) in [5.74, 6) is -0.418. The smallest absolute Gasteiger partial charge is 0.238 e. The molecule has 4 rings (SSSR count). The van der Waals surface area contributed by atoms with Gasteiger partial charge in [-0.3, -0.25) is 9.59 Å². The molecule has 1 aliphatic heterocycles. The van der Waals surface area contributed by atoms with Gasteiger partial charge in [0, 0.05) is 16.9 Å². The molecule has 2 amide bonds. The number of anilines is 2. The third kappa shape index (κ3) is 3.61. The quantitative estimate of drug-likeness (QED) is 0.720. The molecule has 2 N–H and O–H groups in total. The lowest BCUT2D eigenvalue weighted by atomic mass is 10.2. The topological polar surface area (TPSA) is 84.0 Å². The molecule has 0 aliphatic carbocycles. The van der Waals surface area contributed by atoms with Crippen molar-refractivity contribution in [3.8, 4) is 10.6 Å². The molecule has 0 bridgehead atoms. The van der Waals surface area contributed by atoms with Gasteiger partial charge >= 0.3 is 0 Å². The van der Waals surface area contributed by atoms with E-state index in [2.05, 4.69) is 20.8 Å². The third-order valence-electron chi connectivity index (χ3n) is 3.77. The van der Waals surface area contributed by atoms with Gasteiger partial charge in [-0.25, -0.2) is 0 Å². The fraction of sp³-hybridized carbons (Fsp3) is 0.111. The first kappa shape index (κ1) is 16.7. The second-order valence-corrected chi connectivity index (χ2v) is 7.84. The zero-order chi connectivity index (χ0) is 17.9. The molecule has 2 heterocycles. The number of hydrogen-bond acceptors (Lipinski definition) is 6. The van der Waals surface area contributed by atoms with Crippen molar-refractivity contribution in [3.63, 3.8) is 0 Å². The van der Waals surface area contributed by atoms with Crippen LogP contribution in [0, 0.1) is 0 Å². The molecule has 130 valence electrons. The van der Waals surface area contributed by atoms with Crippen molar-refractivity contribution in [1.82, 2.24) is 10.2 Å². The van der Waals surface area contributed by atoms with Crippen LogP contribution in [0.1, 0.15) is 6.42 Å². The van der Waals surface area contributed by atoms with Gasteiger partial charge in [-0.2, -0.15) is 0 Å². The minimum absolute atomic E-state index is 0.0745. The molecule has 0 radical (unpaired) electrons. The molecule has 1 aromatic heterocycles. The minimum atomic E-state index is -0.466. The summed E-state index contributed by atoms with van der Waals surface area (Å²) in [6.45, 7) is 0. The standard InChI is InChI=1S/C18H14N4O2S2/c23-15(10-14-16(24)19-12-8-4-5-9-13(12)25-14)20-18-22-21-17(26-18)11-6-2-1-3-7-11/h1-9,14H,10H2,(H,19,24)(H,20,22,23). The summed E-state index contributed by atoms with van der Waals surface area (Å²) in [5, 5.41) is 14.4. The summed E-state index contributed by atoms with van der Waals surface area (Å²) >= 11 is 2.70. The van der Waals surface area contributed by atoms with Gasteiger partial charge < -0.3 is 10.6 Å². The van der Waals surface area contributed by atoms with Crippen LogP contribution in [0.25, 0.3) is 10.6 Å². The molecule has 0 fully saturated rings. The van der Waals surface area contributed by atoms with E-state index in [9.17, 15) is 9.59 Å². The van der Waals surface area contributed by atoms with E-state index in [-0.39, 0.29) is 18.2 Å². The maximum atomic E-state index is 12.3. The van der Waals surface area contributed by atoms with Crippen LogP contribution in [0.2, 0.25) is 0 Å². The summed E-state index contributed by atoms with van der Waals surface area (Å²) in [6, 6.07) is 17.2. The van der Waals surface area contributed by atoms with Gasteiger partial charge in [0.05, 0.1) is 10.9 Å². The monoisotopic (exact) mass is 382 g/mol. The molecule has 0 spiro atoms. The lowest BCUT2D eigenvalue weighted by Crippen LogP contribution is -2.32. The number of aromatic nitrogens is 2. The molecule has 3 aromatic rings. The van der Waals surface area contributed by atoms with E-state index in [1.54, 1.807) is 0 Å². The molecule has 1 unspecified atom stereocenters. The molecule has 0 saturated heterocycles. The minimum Gasteiger partial charge on any atom is -0.324 e. The lowest BCUT2D eigenvalue weighted by Gasteiger charge is -2.23. The van der Waals surface area contributed by atoms with Gasteiger partial charge in [-0.05, 0) is 12.1 Å². The van der Waals surface area contributed by atoms with Crippen LogP contribution in [0.3, 0.4) is 0 Å². The van der Waals surface area contributed by atoms with Gasteiger partial charge in [-0.1, -0.05) is 53.8 Å². The molecule has 1 aliphatic rings. The number of hydrogen-bond donors (Lipinski definition) is 2. The van der Waals surface area contributed by atoms with Crippen LogP contribution in [-0.2, 0) is 9.59 Å². The van der Waals surface area contributed by atoms with E-state index in [1.165, 1.54) is 23.1 Å². The Morgan fingerprint density at radius 1 is 1.08 bits per heavy atom. The number of para-hydroxylation sites is 1. The number of carbonyl (C=O) groups excluding carboxylic acids is 2. The van der Waals surface area contributed by atoms with Crippen molar-refractivity contribution in [2.45, 2.75) is 16.6 Å². The summed E-state index contributed by atoms with van der Waals surface area (Å²) in [4.78, 5) is 25.5. The van der Waals surface area contributed by atoms with Gasteiger partial charge in [0.2, 0.25) is 16.9 Å². The average molecular weight is 382 g/mol. The van der Waals surface area contributed by atoms with Gasteiger partial charge in [-0.15, -0.1) is 22.0 Å². The van der Waals surface area contributed by atoms with Crippen molar-refractivity contribution < 1.29 is 9.59 Å². The Labute approximate surface area is 158 Å². The summed E-state index contributed by atoms with van der Waals surface area (Å²) in [6.07, 6.45) is 0.0745. The number of benzene rings is 2. The third-order valence-corrected chi connectivity index (χ3v) is 5.93. The molecular formula is C18H14N4O2S2. The molecule has 8 heteroatoms. The molecule has 6 nitrogen and oxygen atoms in total. The van der Waals surface area contributed by atoms with Crippen LogP contribution in [0.5, 0.6) is 0 Å². The second-order valence-electron chi connectivity index (χ2n) is 5.62. The molecule has 2 aromatic carbocycles. The largest absolute Gasteiger partial charge is 0.324 e. The molecule has 1 atom stereocenters. The SMILES string of the molecule is O=C(CC1Sc2ccccc2NC1=O)Nc1nnc(-c2ccccc2)s1. The Hall–Kier alpha value is -2.71. The van der Waals surface area contributed by atoms with Crippen molar-refractivity contribution in [2.24, 2.45) is 0 Å². The average Bonchev–Trinajstić information content (AvgIpc) is 3.11. The van der Waals surface area contributed by atoms with Crippen LogP contribution in [0.4, 0.5) is 10.8 Å². The van der Waals surface area contributed by atoms with Crippen LogP contribution >= 0.6 is 23.1 Å². The number of fused-ring (bicyclic) bond motifs is 1. The van der Waals surface area contributed by atoms with E-state index in [4.69, 9.17) is 0 Å². The van der Waals surface area contributed by atoms with Gasteiger partial charge in [0.15, 0.2) is 0 Å². The van der Waals surface area contributed by atoms with E-state index < -0.39 is 5.25 Å². The number of rotatable bonds is 4. The predicted molar refractivity (Wildman–Crippen MR) is 103 cm³/mol. The number of nitrogens with zero attached hydrogens (tertiary/aromatic N) is 2. The van der Waals surface area contributed by atoms with Crippen molar-refractivity contribution in [1.29, 1.82) is 0 Å². The number of amides is 2. The van der Waals surface area contributed by atoms with Crippen molar-refractivity contribution >= 4 is 45.7 Å². The summed E-state index contributed by atoms with van der Waals surface area (Å²) in [7, 11) is 0. The molecule has 0 saturated carbocycles. The summed E-state index contributed by atoms with van der Waals surface area (Å²) < 4.78 is 0. The van der Waals surface area contributed by atoms with Crippen molar-refractivity contribution in [2.75, 3.05) is 10.6 Å². The Kier molecular flexibility index (Phi) is 4.68. The first-order valence-corrected chi connectivity index (χ1v) is 9.64. The number of carbonyl (C=O) groups is 2. The van der Waals surface area contributed by atoms with E-state index >= 15 is 0 Å². The first-order valence-electron chi connectivity index (χ1n) is 7.94. The second kappa shape index (κ2) is 7.27. The van der Waals surface area contributed by atoms with E-state index in [1.807, 2.05) is 54.6 Å². The zero-order valence-electron chi connectivity index (χ0n) is 13.5. The Bertz CT molecular complexity index is 959. The highest BCUT2D eigenvalue weighted by molar-refractivity contribution is 8.01. The van der Waals surface area contributed by atoms with Crippen LogP contribution < -0.4 is 10.6 Å². The van der Waals surface area contributed by atoms with E-state index in [0.717, 1.165) is 21.2 Å². The highest BCUT2D eigenvalue weighted by Gasteiger charge is 2.29. The fourth-order valence-electron chi connectivity index (χ4n) is 2.54. The highest BCUT2D eigenvalue weighted by atomic mass is 32.2. The van der Waals surface area contributed by atoms with Crippen LogP contribution in [-0.4, -0.2) is 27.3 Å². The van der Waals surface area contributed by atoms with Gasteiger partial charge in [0.1, 0.15) is 5.01 Å². The first-order chi connectivity index (χ1) is 12.7. The van der Waals surface area contributed by atoms with Crippen LogP contribution in [0.15, 0.2) is 59.5 Å². The Morgan fingerprint density at radius 2 is 1.85 bits per heavy atom. The number of nitrogens with one attached hydrogen (secondary N) is 2. The fourth-order valence-corrected chi connectivity index (χ4v) is 4.41. The maximum absolute atomic E-state index is 12.3. The van der Waals surface area contributed by atoms with Crippen molar-refractivity contribution in [3.05, 3.63) is 54.6 Å². The van der Waals surface area contributed by atoms with E-state index in [0.29, 0.717) is 5.13 Å². The molecular weight excluding hydrogens is 368 g/mol. The lowest BCUT2D eigenvalue weighted by molar-refractivity contribution is -0.120. The maximum Gasteiger partial charge on any atom is 0.238 e. The Balaban J connectivity index is 1.40. The summed E-state index contributed by atoms with van der Waals surface area (Å²) in [5.41, 5.74) is 1.74.